The van der Waals surface area contributed by atoms with E-state index in [2.05, 4.69) is 17.0 Å². The van der Waals surface area contributed by atoms with Crippen LogP contribution in [0, 0.1) is 27.7 Å². The minimum atomic E-state index is 0.0231. The number of aliphatic hydroxyl groups excluding tert-OH is 1. The molecule has 0 radical (unpaired) electrons. The van der Waals surface area contributed by atoms with Gasteiger partial charge in [0.15, 0.2) is 5.82 Å². The summed E-state index contributed by atoms with van der Waals surface area (Å²) in [6.45, 7) is 8.01. The lowest BCUT2D eigenvalue weighted by molar-refractivity contribution is 0.280. The van der Waals surface area contributed by atoms with Gasteiger partial charge in [0.05, 0.1) is 12.3 Å². The van der Waals surface area contributed by atoms with Crippen LogP contribution in [0.4, 0.5) is 0 Å². The molecule has 0 fully saturated rings. The second-order valence-corrected chi connectivity index (χ2v) is 4.28. The number of hydrogen-bond acceptors (Lipinski definition) is 3. The van der Waals surface area contributed by atoms with E-state index in [-0.39, 0.29) is 6.61 Å². The monoisotopic (exact) mass is 231 g/mol. The lowest BCUT2D eigenvalue weighted by Crippen LogP contribution is -2.04. The Kier molecular flexibility index (Phi) is 2.98. The van der Waals surface area contributed by atoms with Crippen molar-refractivity contribution in [2.75, 3.05) is 0 Å². The molecule has 2 aromatic heterocycles. The van der Waals surface area contributed by atoms with Crippen molar-refractivity contribution < 1.29 is 5.11 Å². The molecular weight excluding hydrogens is 214 g/mol. The molecule has 0 spiro atoms. The zero-order valence-electron chi connectivity index (χ0n) is 10.7. The Morgan fingerprint density at radius 3 is 2.29 bits per heavy atom. The van der Waals surface area contributed by atoms with Crippen molar-refractivity contribution in [3.8, 4) is 5.82 Å². The smallest absolute Gasteiger partial charge is 0.153 e. The third-order valence-electron chi connectivity index (χ3n) is 3.22. The number of aryl methyl sites for hydroxylation is 2. The van der Waals surface area contributed by atoms with Gasteiger partial charge in [0.2, 0.25) is 0 Å². The van der Waals surface area contributed by atoms with Gasteiger partial charge in [0, 0.05) is 11.4 Å². The number of aliphatic hydroxyl groups is 1. The molecule has 0 amide bonds. The number of aromatic nitrogens is 3. The van der Waals surface area contributed by atoms with Crippen LogP contribution < -0.4 is 0 Å². The Hall–Kier alpha value is -1.68. The fraction of sp³-hybridized carbons (Fsp3) is 0.385. The second-order valence-electron chi connectivity index (χ2n) is 4.28. The average molecular weight is 231 g/mol. The molecule has 4 heteroatoms. The Bertz CT molecular complexity index is 558. The minimum Gasteiger partial charge on any atom is -0.392 e. The summed E-state index contributed by atoms with van der Waals surface area (Å²) in [4.78, 5) is 4.47. The fourth-order valence-electron chi connectivity index (χ4n) is 1.81. The maximum absolute atomic E-state index is 9.12. The molecule has 17 heavy (non-hydrogen) atoms. The first-order chi connectivity index (χ1) is 8.04. The van der Waals surface area contributed by atoms with Crippen molar-refractivity contribution in [1.29, 1.82) is 0 Å². The summed E-state index contributed by atoms with van der Waals surface area (Å²) in [6.07, 6.45) is 0. The van der Waals surface area contributed by atoms with Gasteiger partial charge in [-0.2, -0.15) is 5.10 Å². The van der Waals surface area contributed by atoms with E-state index in [9.17, 15) is 0 Å². The zero-order valence-corrected chi connectivity index (χ0v) is 10.7. The number of pyridine rings is 1. The highest BCUT2D eigenvalue weighted by Gasteiger charge is 2.10. The molecule has 1 N–H and O–H groups in total. The Morgan fingerprint density at radius 2 is 1.82 bits per heavy atom. The van der Waals surface area contributed by atoms with E-state index in [1.54, 1.807) is 0 Å². The maximum atomic E-state index is 9.12. The summed E-state index contributed by atoms with van der Waals surface area (Å²) in [6, 6.07) is 3.78. The van der Waals surface area contributed by atoms with Crippen molar-refractivity contribution in [3.05, 3.63) is 40.3 Å². The summed E-state index contributed by atoms with van der Waals surface area (Å²) < 4.78 is 1.85. The van der Waals surface area contributed by atoms with Crippen LogP contribution in [-0.2, 0) is 6.61 Å². The van der Waals surface area contributed by atoms with Gasteiger partial charge in [0.1, 0.15) is 0 Å². The molecule has 0 saturated heterocycles. The van der Waals surface area contributed by atoms with Crippen LogP contribution in [0.25, 0.3) is 5.82 Å². The van der Waals surface area contributed by atoms with E-state index >= 15 is 0 Å². The van der Waals surface area contributed by atoms with E-state index in [1.807, 2.05) is 37.6 Å². The molecule has 0 saturated carbocycles. The highest BCUT2D eigenvalue weighted by atomic mass is 16.3. The van der Waals surface area contributed by atoms with Crippen LogP contribution in [0.3, 0.4) is 0 Å². The van der Waals surface area contributed by atoms with Crippen LogP contribution in [0.2, 0.25) is 0 Å². The third kappa shape index (κ3) is 1.96. The average Bonchev–Trinajstić information content (AvgIpc) is 2.57. The molecule has 2 aromatic rings. The largest absolute Gasteiger partial charge is 0.392 e. The first-order valence-electron chi connectivity index (χ1n) is 5.65. The molecule has 0 aliphatic carbocycles. The molecule has 4 nitrogen and oxygen atoms in total. The van der Waals surface area contributed by atoms with Crippen molar-refractivity contribution in [3.63, 3.8) is 0 Å². The van der Waals surface area contributed by atoms with Gasteiger partial charge in [-0.3, -0.25) is 0 Å². The second kappa shape index (κ2) is 4.30. The Labute approximate surface area is 101 Å². The summed E-state index contributed by atoms with van der Waals surface area (Å²) in [5.41, 5.74) is 5.01. The molecule has 0 atom stereocenters. The SMILES string of the molecule is Cc1nc(-n2nc(C)c(C)c2C)ccc1CO. The Morgan fingerprint density at radius 1 is 1.12 bits per heavy atom. The van der Waals surface area contributed by atoms with E-state index in [1.165, 1.54) is 5.56 Å². The van der Waals surface area contributed by atoms with Gasteiger partial charge >= 0.3 is 0 Å². The molecule has 0 aromatic carbocycles. The molecule has 0 unspecified atom stereocenters. The van der Waals surface area contributed by atoms with Gasteiger partial charge in [-0.15, -0.1) is 0 Å². The van der Waals surface area contributed by atoms with Crippen molar-refractivity contribution in [2.24, 2.45) is 0 Å². The van der Waals surface area contributed by atoms with E-state index < -0.39 is 0 Å². The molecular formula is C13H17N3O. The van der Waals surface area contributed by atoms with Gasteiger partial charge in [-0.1, -0.05) is 6.07 Å². The lowest BCUT2D eigenvalue weighted by Gasteiger charge is -2.07. The van der Waals surface area contributed by atoms with Gasteiger partial charge in [-0.05, 0) is 44.9 Å². The topological polar surface area (TPSA) is 50.9 Å². The minimum absolute atomic E-state index is 0.0231. The summed E-state index contributed by atoms with van der Waals surface area (Å²) in [5.74, 6) is 0.799. The first kappa shape index (κ1) is 11.8. The number of rotatable bonds is 2. The summed E-state index contributed by atoms with van der Waals surface area (Å²) >= 11 is 0. The van der Waals surface area contributed by atoms with Crippen molar-refractivity contribution in [2.45, 2.75) is 34.3 Å². The molecule has 2 rings (SSSR count). The highest BCUT2D eigenvalue weighted by Crippen LogP contribution is 2.16. The summed E-state index contributed by atoms with van der Waals surface area (Å²) in [7, 11) is 0. The van der Waals surface area contributed by atoms with Crippen LogP contribution >= 0.6 is 0 Å². The first-order valence-corrected chi connectivity index (χ1v) is 5.65. The predicted octanol–water partition coefficient (Wildman–Crippen LogP) is 1.99. The molecule has 0 aliphatic rings. The van der Waals surface area contributed by atoms with Crippen molar-refractivity contribution >= 4 is 0 Å². The number of nitrogens with zero attached hydrogens (tertiary/aromatic N) is 3. The van der Waals surface area contributed by atoms with Crippen molar-refractivity contribution in [1.82, 2.24) is 14.8 Å². The maximum Gasteiger partial charge on any atom is 0.153 e. The van der Waals surface area contributed by atoms with E-state index in [4.69, 9.17) is 5.11 Å². The molecule has 90 valence electrons. The highest BCUT2D eigenvalue weighted by molar-refractivity contribution is 5.34. The lowest BCUT2D eigenvalue weighted by atomic mass is 10.2. The quantitative estimate of drug-likeness (QED) is 0.860. The standard InChI is InChI=1S/C13H17N3O/c1-8-9(2)15-16(11(8)4)13-6-5-12(7-17)10(3)14-13/h5-6,17H,7H2,1-4H3. The van der Waals surface area contributed by atoms with E-state index in [0.29, 0.717) is 0 Å². The van der Waals surface area contributed by atoms with Gasteiger partial charge in [0.25, 0.3) is 0 Å². The zero-order chi connectivity index (χ0) is 12.6. The predicted molar refractivity (Wildman–Crippen MR) is 66.2 cm³/mol. The fourth-order valence-corrected chi connectivity index (χ4v) is 1.81. The third-order valence-corrected chi connectivity index (χ3v) is 3.22. The summed E-state index contributed by atoms with van der Waals surface area (Å²) in [5, 5.41) is 13.6. The van der Waals surface area contributed by atoms with Crippen LogP contribution in [0.1, 0.15) is 28.2 Å². The van der Waals surface area contributed by atoms with Crippen LogP contribution in [0.5, 0.6) is 0 Å². The van der Waals surface area contributed by atoms with Crippen LogP contribution in [-0.4, -0.2) is 19.9 Å². The Balaban J connectivity index is 2.53. The number of hydrogen-bond donors (Lipinski definition) is 1. The van der Waals surface area contributed by atoms with Gasteiger partial charge < -0.3 is 5.11 Å². The molecule has 2 heterocycles. The normalized spacial score (nSPS) is 10.9. The molecule has 0 aliphatic heterocycles. The molecule has 0 bridgehead atoms. The van der Waals surface area contributed by atoms with Gasteiger partial charge in [-0.25, -0.2) is 9.67 Å². The van der Waals surface area contributed by atoms with Crippen LogP contribution in [0.15, 0.2) is 12.1 Å². The van der Waals surface area contributed by atoms with E-state index in [0.717, 1.165) is 28.5 Å².